The fourth-order valence-electron chi connectivity index (χ4n) is 3.87. The van der Waals surface area contributed by atoms with Crippen LogP contribution in [-0.4, -0.2) is 61.7 Å². The molecule has 0 saturated carbocycles. The van der Waals surface area contributed by atoms with Gasteiger partial charge >= 0.3 is 0 Å². The quantitative estimate of drug-likeness (QED) is 0.455. The summed E-state index contributed by atoms with van der Waals surface area (Å²) in [5, 5.41) is 4.52. The Balaban J connectivity index is 1.36. The molecule has 8 nitrogen and oxygen atoms in total. The predicted octanol–water partition coefficient (Wildman–Crippen LogP) is 3.03. The highest BCUT2D eigenvalue weighted by molar-refractivity contribution is 5.77. The zero-order valence-electron chi connectivity index (χ0n) is 18.2. The average Bonchev–Trinajstić information content (AvgIpc) is 3.29. The van der Waals surface area contributed by atoms with Crippen molar-refractivity contribution < 1.29 is 13.6 Å². The van der Waals surface area contributed by atoms with Crippen LogP contribution < -0.4 is 4.90 Å². The van der Waals surface area contributed by atoms with Gasteiger partial charge in [0.25, 0.3) is 0 Å². The Morgan fingerprint density at radius 3 is 2.12 bits per heavy atom. The third kappa shape index (κ3) is 4.61. The summed E-state index contributed by atoms with van der Waals surface area (Å²) in [5.74, 6) is 0.805. The average molecular weight is 461 g/mol. The first-order valence-corrected chi connectivity index (χ1v) is 10.8. The van der Waals surface area contributed by atoms with Crippen LogP contribution in [0.4, 0.5) is 14.6 Å². The molecule has 2 aromatic carbocycles. The lowest BCUT2D eigenvalue weighted by Crippen LogP contribution is -2.50. The topological polar surface area (TPSA) is 80.0 Å². The molecule has 10 heteroatoms. The molecule has 3 heterocycles. The highest BCUT2D eigenvalue weighted by atomic mass is 19.1. The van der Waals surface area contributed by atoms with Gasteiger partial charge in [0.2, 0.25) is 5.91 Å². The second-order valence-electron chi connectivity index (χ2n) is 7.87. The van der Waals surface area contributed by atoms with Crippen LogP contribution in [0.1, 0.15) is 0 Å². The molecule has 0 N–H and O–H groups in total. The maximum absolute atomic E-state index is 13.5. The molecule has 34 heavy (non-hydrogen) atoms. The van der Waals surface area contributed by atoms with Gasteiger partial charge in [0.05, 0.1) is 0 Å². The first-order chi connectivity index (χ1) is 16.6. The number of hydrogen-bond donors (Lipinski definition) is 0. The number of aromatic nitrogens is 5. The summed E-state index contributed by atoms with van der Waals surface area (Å²) in [6, 6.07) is 13.5. The Labute approximate surface area is 194 Å². The molecule has 0 spiro atoms. The van der Waals surface area contributed by atoms with Gasteiger partial charge in [-0.15, -0.1) is 5.10 Å². The molecule has 0 aliphatic carbocycles. The van der Waals surface area contributed by atoms with Crippen molar-refractivity contribution >= 4 is 11.7 Å². The number of nitrogens with zero attached hydrogens (tertiary/aromatic N) is 7. The first kappa shape index (κ1) is 21.6. The van der Waals surface area contributed by atoms with E-state index in [1.54, 1.807) is 35.4 Å². The highest BCUT2D eigenvalue weighted by Crippen LogP contribution is 2.23. The van der Waals surface area contributed by atoms with E-state index < -0.39 is 0 Å². The van der Waals surface area contributed by atoms with Gasteiger partial charge in [0.15, 0.2) is 11.6 Å². The number of carbonyl (C=O) groups is 1. The van der Waals surface area contributed by atoms with Crippen molar-refractivity contribution in [1.29, 1.82) is 0 Å². The predicted molar refractivity (Wildman–Crippen MR) is 122 cm³/mol. The molecule has 0 bridgehead atoms. The Morgan fingerprint density at radius 1 is 0.853 bits per heavy atom. The number of benzene rings is 2. The molecule has 1 aliphatic rings. The number of anilines is 1. The molecular formula is C24H21F2N7O. The van der Waals surface area contributed by atoms with Crippen LogP contribution in [0.5, 0.6) is 0 Å². The van der Waals surface area contributed by atoms with E-state index in [1.165, 1.54) is 35.3 Å². The number of amides is 1. The largest absolute Gasteiger partial charge is 0.353 e. The van der Waals surface area contributed by atoms with Gasteiger partial charge in [0.1, 0.15) is 30.3 Å². The van der Waals surface area contributed by atoms with Crippen molar-refractivity contribution in [2.45, 2.75) is 6.54 Å². The zero-order chi connectivity index (χ0) is 23.5. The van der Waals surface area contributed by atoms with Crippen LogP contribution in [0.25, 0.3) is 22.8 Å². The maximum Gasteiger partial charge on any atom is 0.244 e. The van der Waals surface area contributed by atoms with Crippen molar-refractivity contribution in [1.82, 2.24) is 29.6 Å². The zero-order valence-corrected chi connectivity index (χ0v) is 18.2. The van der Waals surface area contributed by atoms with E-state index in [0.717, 1.165) is 5.82 Å². The van der Waals surface area contributed by atoms with Gasteiger partial charge in [0, 0.05) is 43.5 Å². The lowest BCUT2D eigenvalue weighted by Gasteiger charge is -2.35. The summed E-state index contributed by atoms with van der Waals surface area (Å²) in [6.45, 7) is 2.40. The Hall–Kier alpha value is -4.21. The molecular weight excluding hydrogens is 440 g/mol. The number of hydrogen-bond acceptors (Lipinski definition) is 6. The lowest BCUT2D eigenvalue weighted by atomic mass is 10.2. The Morgan fingerprint density at radius 2 is 1.50 bits per heavy atom. The maximum atomic E-state index is 13.5. The van der Waals surface area contributed by atoms with Crippen molar-refractivity contribution in [3.63, 3.8) is 0 Å². The summed E-state index contributed by atoms with van der Waals surface area (Å²) in [6.07, 6.45) is 3.20. The minimum absolute atomic E-state index is 0.0194. The standard InChI is InChI=1S/C24H21F2N7O/c25-19-5-1-17(2-6-19)23-29-24(18-3-7-20(26)8-4-18)33(30-23)15-22(34)32-13-11-31(12-14-32)21-9-10-27-16-28-21/h1-10,16H,11-15H2. The van der Waals surface area contributed by atoms with E-state index in [9.17, 15) is 13.6 Å². The molecule has 172 valence electrons. The van der Waals surface area contributed by atoms with E-state index in [0.29, 0.717) is 49.0 Å². The van der Waals surface area contributed by atoms with Crippen LogP contribution in [0.3, 0.4) is 0 Å². The number of carbonyl (C=O) groups excluding carboxylic acids is 1. The molecule has 0 unspecified atom stereocenters. The summed E-state index contributed by atoms with van der Waals surface area (Å²) < 4.78 is 28.3. The minimum Gasteiger partial charge on any atom is -0.353 e. The fourth-order valence-corrected chi connectivity index (χ4v) is 3.87. The SMILES string of the molecule is O=C(Cn1nc(-c2ccc(F)cc2)nc1-c1ccc(F)cc1)N1CCN(c2ccncn2)CC1. The minimum atomic E-state index is -0.369. The highest BCUT2D eigenvalue weighted by Gasteiger charge is 2.24. The van der Waals surface area contributed by atoms with E-state index >= 15 is 0 Å². The van der Waals surface area contributed by atoms with Gasteiger partial charge in [-0.2, -0.15) is 0 Å². The van der Waals surface area contributed by atoms with E-state index in [-0.39, 0.29) is 24.1 Å². The third-order valence-electron chi connectivity index (χ3n) is 5.68. The molecule has 2 aromatic heterocycles. The fraction of sp³-hybridized carbons (Fsp3) is 0.208. The van der Waals surface area contributed by atoms with Gasteiger partial charge in [-0.1, -0.05) is 0 Å². The second-order valence-corrected chi connectivity index (χ2v) is 7.87. The summed E-state index contributed by atoms with van der Waals surface area (Å²) in [4.78, 5) is 29.8. The van der Waals surface area contributed by atoms with E-state index in [1.807, 2.05) is 6.07 Å². The molecule has 1 fully saturated rings. The van der Waals surface area contributed by atoms with Gasteiger partial charge in [-0.05, 0) is 54.6 Å². The van der Waals surface area contributed by atoms with E-state index in [4.69, 9.17) is 0 Å². The monoisotopic (exact) mass is 461 g/mol. The number of halogens is 2. The second kappa shape index (κ2) is 9.34. The van der Waals surface area contributed by atoms with Crippen molar-refractivity contribution in [2.24, 2.45) is 0 Å². The normalized spacial score (nSPS) is 13.8. The summed E-state index contributed by atoms with van der Waals surface area (Å²) in [5.41, 5.74) is 1.25. The van der Waals surface area contributed by atoms with Gasteiger partial charge < -0.3 is 9.80 Å². The van der Waals surface area contributed by atoms with Crippen molar-refractivity contribution in [3.05, 3.63) is 78.8 Å². The molecule has 4 aromatic rings. The molecule has 0 radical (unpaired) electrons. The van der Waals surface area contributed by atoms with Gasteiger partial charge in [-0.25, -0.2) is 28.4 Å². The molecule has 1 saturated heterocycles. The van der Waals surface area contributed by atoms with Crippen LogP contribution in [0, 0.1) is 11.6 Å². The van der Waals surface area contributed by atoms with E-state index in [2.05, 4.69) is 25.0 Å². The van der Waals surface area contributed by atoms with Crippen molar-refractivity contribution in [2.75, 3.05) is 31.1 Å². The van der Waals surface area contributed by atoms with Crippen LogP contribution in [0.2, 0.25) is 0 Å². The van der Waals surface area contributed by atoms with Crippen molar-refractivity contribution in [3.8, 4) is 22.8 Å². The third-order valence-corrected chi connectivity index (χ3v) is 5.68. The Kier molecular flexibility index (Phi) is 5.94. The number of rotatable bonds is 5. The molecule has 0 atom stereocenters. The Bertz CT molecular complexity index is 1270. The van der Waals surface area contributed by atoms with Crippen LogP contribution >= 0.6 is 0 Å². The molecule has 1 amide bonds. The number of piperazine rings is 1. The first-order valence-electron chi connectivity index (χ1n) is 10.8. The van der Waals surface area contributed by atoms with Crippen LogP contribution in [-0.2, 0) is 11.3 Å². The summed E-state index contributed by atoms with van der Waals surface area (Å²) >= 11 is 0. The molecule has 5 rings (SSSR count). The summed E-state index contributed by atoms with van der Waals surface area (Å²) in [7, 11) is 0. The lowest BCUT2D eigenvalue weighted by molar-refractivity contribution is -0.132. The smallest absolute Gasteiger partial charge is 0.244 e. The van der Waals surface area contributed by atoms with Gasteiger partial charge in [-0.3, -0.25) is 4.79 Å². The molecule has 1 aliphatic heterocycles. The van der Waals surface area contributed by atoms with Crippen LogP contribution in [0.15, 0.2) is 67.1 Å².